The second-order valence-electron chi connectivity index (χ2n) is 5.10. The van der Waals surface area contributed by atoms with Crippen molar-refractivity contribution in [1.29, 1.82) is 0 Å². The summed E-state index contributed by atoms with van der Waals surface area (Å²) in [7, 11) is 1.91. The van der Waals surface area contributed by atoms with Gasteiger partial charge in [-0.1, -0.05) is 13.8 Å². The lowest BCUT2D eigenvalue weighted by molar-refractivity contribution is 0.0697. The van der Waals surface area contributed by atoms with Gasteiger partial charge in [-0.15, -0.1) is 0 Å². The van der Waals surface area contributed by atoms with Crippen molar-refractivity contribution >= 4 is 11.7 Å². The van der Waals surface area contributed by atoms with Crippen molar-refractivity contribution in [3.05, 3.63) is 47.3 Å². The molecule has 0 fully saturated rings. The Labute approximate surface area is 118 Å². The SMILES string of the molecule is CC(C)c1nn(C)cc1CNc1ccc(C(=O)O)cc1. The third-order valence-corrected chi connectivity index (χ3v) is 3.10. The molecule has 1 heterocycles. The molecule has 20 heavy (non-hydrogen) atoms. The maximum absolute atomic E-state index is 10.8. The van der Waals surface area contributed by atoms with Crippen LogP contribution >= 0.6 is 0 Å². The van der Waals surface area contributed by atoms with Gasteiger partial charge in [0.15, 0.2) is 0 Å². The standard InChI is InChI=1S/C15H19N3O2/c1-10(2)14-12(9-18(3)17-14)8-16-13-6-4-11(5-7-13)15(19)20/h4-7,9-10,16H,8H2,1-3H3,(H,19,20). The number of aromatic carboxylic acids is 1. The Morgan fingerprint density at radius 3 is 2.55 bits per heavy atom. The Morgan fingerprint density at radius 1 is 1.35 bits per heavy atom. The first-order valence-corrected chi connectivity index (χ1v) is 6.57. The third-order valence-electron chi connectivity index (χ3n) is 3.10. The maximum Gasteiger partial charge on any atom is 0.335 e. The summed E-state index contributed by atoms with van der Waals surface area (Å²) in [6, 6.07) is 6.73. The normalized spacial score (nSPS) is 10.8. The molecule has 0 amide bonds. The van der Waals surface area contributed by atoms with Gasteiger partial charge in [-0.25, -0.2) is 4.79 Å². The average molecular weight is 273 g/mol. The van der Waals surface area contributed by atoms with E-state index in [0.29, 0.717) is 18.0 Å². The Balaban J connectivity index is 2.07. The molecule has 0 bridgehead atoms. The van der Waals surface area contributed by atoms with Crippen molar-refractivity contribution < 1.29 is 9.90 Å². The zero-order valence-electron chi connectivity index (χ0n) is 11.9. The van der Waals surface area contributed by atoms with Gasteiger partial charge in [0.05, 0.1) is 11.3 Å². The van der Waals surface area contributed by atoms with E-state index in [1.165, 1.54) is 0 Å². The van der Waals surface area contributed by atoms with Gasteiger partial charge in [0, 0.05) is 31.0 Å². The van der Waals surface area contributed by atoms with Crippen LogP contribution in [0.4, 0.5) is 5.69 Å². The summed E-state index contributed by atoms with van der Waals surface area (Å²) in [4.78, 5) is 10.8. The van der Waals surface area contributed by atoms with Crippen molar-refractivity contribution in [2.75, 3.05) is 5.32 Å². The Kier molecular flexibility index (Phi) is 4.08. The molecular formula is C15H19N3O2. The first kappa shape index (κ1) is 14.1. The lowest BCUT2D eigenvalue weighted by Gasteiger charge is -2.08. The number of nitrogens with zero attached hydrogens (tertiary/aromatic N) is 2. The van der Waals surface area contributed by atoms with Gasteiger partial charge in [0.2, 0.25) is 0 Å². The minimum atomic E-state index is -0.911. The van der Waals surface area contributed by atoms with Crippen molar-refractivity contribution in [3.63, 3.8) is 0 Å². The molecule has 0 aliphatic heterocycles. The number of rotatable bonds is 5. The number of hydrogen-bond acceptors (Lipinski definition) is 3. The summed E-state index contributed by atoms with van der Waals surface area (Å²) in [5, 5.41) is 16.6. The molecule has 5 heteroatoms. The number of carbonyl (C=O) groups is 1. The minimum Gasteiger partial charge on any atom is -0.478 e. The van der Waals surface area contributed by atoms with Crippen LogP contribution in [0, 0.1) is 0 Å². The zero-order chi connectivity index (χ0) is 14.7. The van der Waals surface area contributed by atoms with Gasteiger partial charge in [-0.05, 0) is 30.2 Å². The minimum absolute atomic E-state index is 0.291. The molecule has 0 spiro atoms. The first-order valence-electron chi connectivity index (χ1n) is 6.57. The lowest BCUT2D eigenvalue weighted by atomic mass is 10.1. The fourth-order valence-corrected chi connectivity index (χ4v) is 2.11. The van der Waals surface area contributed by atoms with Gasteiger partial charge in [0.25, 0.3) is 0 Å². The van der Waals surface area contributed by atoms with Crippen LogP contribution in [0.5, 0.6) is 0 Å². The number of benzene rings is 1. The molecule has 0 atom stereocenters. The highest BCUT2D eigenvalue weighted by atomic mass is 16.4. The predicted octanol–water partition coefficient (Wildman–Crippen LogP) is 2.85. The monoisotopic (exact) mass is 273 g/mol. The Bertz CT molecular complexity index is 600. The molecule has 0 aliphatic rings. The summed E-state index contributed by atoms with van der Waals surface area (Å²) in [6.07, 6.45) is 2.01. The van der Waals surface area contributed by atoms with Gasteiger partial charge < -0.3 is 10.4 Å². The van der Waals surface area contributed by atoms with E-state index in [2.05, 4.69) is 24.3 Å². The van der Waals surface area contributed by atoms with E-state index in [9.17, 15) is 4.79 Å². The zero-order valence-corrected chi connectivity index (χ0v) is 11.9. The van der Waals surface area contributed by atoms with E-state index in [1.54, 1.807) is 24.3 Å². The number of carboxylic acids is 1. The van der Waals surface area contributed by atoms with Crippen molar-refractivity contribution in [3.8, 4) is 0 Å². The average Bonchev–Trinajstić information content (AvgIpc) is 2.78. The summed E-state index contributed by atoms with van der Waals surface area (Å²) in [6.45, 7) is 4.91. The fraction of sp³-hybridized carbons (Fsp3) is 0.333. The first-order chi connectivity index (χ1) is 9.47. The summed E-state index contributed by atoms with van der Waals surface area (Å²) in [5.41, 5.74) is 3.43. The third kappa shape index (κ3) is 3.17. The Hall–Kier alpha value is -2.30. The lowest BCUT2D eigenvalue weighted by Crippen LogP contribution is -2.03. The summed E-state index contributed by atoms with van der Waals surface area (Å²) >= 11 is 0. The summed E-state index contributed by atoms with van der Waals surface area (Å²) in [5.74, 6) is -0.534. The van der Waals surface area contributed by atoms with E-state index in [0.717, 1.165) is 16.9 Å². The largest absolute Gasteiger partial charge is 0.478 e. The molecular weight excluding hydrogens is 254 g/mol. The smallest absolute Gasteiger partial charge is 0.335 e. The number of aryl methyl sites for hydroxylation is 1. The maximum atomic E-state index is 10.8. The van der Waals surface area contributed by atoms with E-state index in [-0.39, 0.29) is 0 Å². The molecule has 0 saturated heterocycles. The van der Waals surface area contributed by atoms with E-state index < -0.39 is 5.97 Å². The molecule has 106 valence electrons. The van der Waals surface area contributed by atoms with Crippen LogP contribution in [0.3, 0.4) is 0 Å². The number of anilines is 1. The highest BCUT2D eigenvalue weighted by molar-refractivity contribution is 5.87. The second kappa shape index (κ2) is 5.77. The molecule has 2 rings (SSSR count). The van der Waals surface area contributed by atoms with E-state index in [4.69, 9.17) is 5.11 Å². The van der Waals surface area contributed by atoms with Gasteiger partial charge in [-0.2, -0.15) is 5.10 Å². The van der Waals surface area contributed by atoms with Crippen LogP contribution in [-0.2, 0) is 13.6 Å². The van der Waals surface area contributed by atoms with Gasteiger partial charge in [-0.3, -0.25) is 4.68 Å². The number of hydrogen-bond donors (Lipinski definition) is 2. The highest BCUT2D eigenvalue weighted by Gasteiger charge is 2.11. The van der Waals surface area contributed by atoms with Crippen LogP contribution in [-0.4, -0.2) is 20.9 Å². The second-order valence-corrected chi connectivity index (χ2v) is 5.10. The van der Waals surface area contributed by atoms with Crippen molar-refractivity contribution in [1.82, 2.24) is 9.78 Å². The quantitative estimate of drug-likeness (QED) is 0.879. The number of carboxylic acid groups (broad SMARTS) is 1. The van der Waals surface area contributed by atoms with E-state index in [1.807, 2.05) is 17.9 Å². The van der Waals surface area contributed by atoms with Crippen molar-refractivity contribution in [2.45, 2.75) is 26.3 Å². The predicted molar refractivity (Wildman–Crippen MR) is 78.0 cm³/mol. The Morgan fingerprint density at radius 2 is 2.00 bits per heavy atom. The number of aromatic nitrogens is 2. The molecule has 0 saturated carbocycles. The fourth-order valence-electron chi connectivity index (χ4n) is 2.11. The molecule has 1 aromatic heterocycles. The van der Waals surface area contributed by atoms with E-state index >= 15 is 0 Å². The molecule has 0 radical (unpaired) electrons. The number of nitrogens with one attached hydrogen (secondary N) is 1. The molecule has 5 nitrogen and oxygen atoms in total. The van der Waals surface area contributed by atoms with Crippen LogP contribution in [0.1, 0.15) is 41.4 Å². The van der Waals surface area contributed by atoms with Crippen LogP contribution in [0.15, 0.2) is 30.5 Å². The molecule has 1 aromatic carbocycles. The van der Waals surface area contributed by atoms with Crippen LogP contribution in [0.2, 0.25) is 0 Å². The topological polar surface area (TPSA) is 67.2 Å². The summed E-state index contributed by atoms with van der Waals surface area (Å²) < 4.78 is 1.82. The van der Waals surface area contributed by atoms with Crippen LogP contribution < -0.4 is 5.32 Å². The molecule has 2 N–H and O–H groups in total. The van der Waals surface area contributed by atoms with Gasteiger partial charge in [0.1, 0.15) is 0 Å². The van der Waals surface area contributed by atoms with Crippen molar-refractivity contribution in [2.24, 2.45) is 7.05 Å². The van der Waals surface area contributed by atoms with Crippen LogP contribution in [0.25, 0.3) is 0 Å². The van der Waals surface area contributed by atoms with Gasteiger partial charge >= 0.3 is 5.97 Å². The highest BCUT2D eigenvalue weighted by Crippen LogP contribution is 2.19. The molecule has 0 aliphatic carbocycles. The molecule has 2 aromatic rings. The molecule has 0 unspecified atom stereocenters.